The SMILES string of the molecule is CNc1cc(C(=O)N2CCCC2)cc([N+](=O)[O-])c1. The van der Waals surface area contributed by atoms with Crippen LogP contribution in [0.5, 0.6) is 0 Å². The highest BCUT2D eigenvalue weighted by Crippen LogP contribution is 2.22. The Balaban J connectivity index is 2.33. The van der Waals surface area contributed by atoms with Gasteiger partial charge in [0, 0.05) is 43.5 Å². The lowest BCUT2D eigenvalue weighted by molar-refractivity contribution is -0.384. The van der Waals surface area contributed by atoms with E-state index < -0.39 is 4.92 Å². The zero-order valence-corrected chi connectivity index (χ0v) is 10.2. The summed E-state index contributed by atoms with van der Waals surface area (Å²) in [6.07, 6.45) is 2.00. The second-order valence-electron chi connectivity index (χ2n) is 4.27. The third kappa shape index (κ3) is 2.42. The second kappa shape index (κ2) is 5.03. The molecule has 18 heavy (non-hydrogen) atoms. The first kappa shape index (κ1) is 12.3. The smallest absolute Gasteiger partial charge is 0.272 e. The first-order chi connectivity index (χ1) is 8.61. The van der Waals surface area contributed by atoms with E-state index in [1.807, 2.05) is 0 Å². The van der Waals surface area contributed by atoms with Crippen LogP contribution in [0.15, 0.2) is 18.2 Å². The molecule has 6 nitrogen and oxygen atoms in total. The fourth-order valence-electron chi connectivity index (χ4n) is 2.09. The number of nitro benzene ring substituents is 1. The topological polar surface area (TPSA) is 75.5 Å². The molecule has 1 aliphatic rings. The van der Waals surface area contributed by atoms with Crippen molar-refractivity contribution in [1.82, 2.24) is 4.90 Å². The largest absolute Gasteiger partial charge is 0.388 e. The van der Waals surface area contributed by atoms with Crippen LogP contribution in [0.2, 0.25) is 0 Å². The van der Waals surface area contributed by atoms with E-state index in [1.165, 1.54) is 12.1 Å². The van der Waals surface area contributed by atoms with Crippen LogP contribution in [0.25, 0.3) is 0 Å². The summed E-state index contributed by atoms with van der Waals surface area (Å²) >= 11 is 0. The Morgan fingerprint density at radius 1 is 1.33 bits per heavy atom. The monoisotopic (exact) mass is 249 g/mol. The standard InChI is InChI=1S/C12H15N3O3/c1-13-10-6-9(7-11(8-10)15(17)18)12(16)14-4-2-3-5-14/h6-8,13H,2-5H2,1H3. The van der Waals surface area contributed by atoms with Crippen molar-refractivity contribution in [2.75, 3.05) is 25.5 Å². The highest BCUT2D eigenvalue weighted by atomic mass is 16.6. The van der Waals surface area contributed by atoms with Crippen molar-refractivity contribution >= 4 is 17.3 Å². The average molecular weight is 249 g/mol. The highest BCUT2D eigenvalue weighted by Gasteiger charge is 2.21. The number of nitro groups is 1. The van der Waals surface area contributed by atoms with Gasteiger partial charge in [0.2, 0.25) is 0 Å². The molecule has 1 N–H and O–H groups in total. The molecule has 1 amide bonds. The molecule has 6 heteroatoms. The summed E-state index contributed by atoms with van der Waals surface area (Å²) in [5.41, 5.74) is 0.881. The fourth-order valence-corrected chi connectivity index (χ4v) is 2.09. The molecular weight excluding hydrogens is 234 g/mol. The van der Waals surface area contributed by atoms with Gasteiger partial charge in [-0.3, -0.25) is 14.9 Å². The molecular formula is C12H15N3O3. The Hall–Kier alpha value is -2.11. The maximum atomic E-state index is 12.2. The Bertz CT molecular complexity index is 481. The molecule has 1 heterocycles. The summed E-state index contributed by atoms with van der Waals surface area (Å²) in [7, 11) is 1.67. The number of non-ortho nitro benzene ring substituents is 1. The van der Waals surface area contributed by atoms with Gasteiger partial charge in [-0.05, 0) is 18.9 Å². The first-order valence-corrected chi connectivity index (χ1v) is 5.88. The van der Waals surface area contributed by atoms with Crippen molar-refractivity contribution in [3.8, 4) is 0 Å². The summed E-state index contributed by atoms with van der Waals surface area (Å²) in [4.78, 5) is 24.2. The third-order valence-electron chi connectivity index (χ3n) is 3.06. The summed E-state index contributed by atoms with van der Waals surface area (Å²) < 4.78 is 0. The number of carbonyl (C=O) groups excluding carboxylic acids is 1. The van der Waals surface area contributed by atoms with E-state index in [0.717, 1.165) is 25.9 Å². The van der Waals surface area contributed by atoms with Crippen molar-refractivity contribution in [3.63, 3.8) is 0 Å². The molecule has 0 saturated carbocycles. The predicted octanol–water partition coefficient (Wildman–Crippen LogP) is 1.87. The van der Waals surface area contributed by atoms with E-state index in [2.05, 4.69) is 5.32 Å². The number of likely N-dealkylation sites (tertiary alicyclic amines) is 1. The Labute approximate surface area is 105 Å². The van der Waals surface area contributed by atoms with Crippen LogP contribution < -0.4 is 5.32 Å². The number of anilines is 1. The quantitative estimate of drug-likeness (QED) is 0.655. The van der Waals surface area contributed by atoms with Gasteiger partial charge < -0.3 is 10.2 Å². The van der Waals surface area contributed by atoms with E-state index in [0.29, 0.717) is 11.3 Å². The summed E-state index contributed by atoms with van der Waals surface area (Å²) in [5, 5.41) is 13.7. The molecule has 1 aromatic carbocycles. The third-order valence-corrected chi connectivity index (χ3v) is 3.06. The Morgan fingerprint density at radius 3 is 2.56 bits per heavy atom. The maximum Gasteiger partial charge on any atom is 0.272 e. The number of nitrogens with zero attached hydrogens (tertiary/aromatic N) is 2. The molecule has 0 radical (unpaired) electrons. The van der Waals surface area contributed by atoms with Gasteiger partial charge in [-0.25, -0.2) is 0 Å². The molecule has 0 aliphatic carbocycles. The number of nitrogens with one attached hydrogen (secondary N) is 1. The molecule has 1 fully saturated rings. The van der Waals surface area contributed by atoms with Gasteiger partial charge in [0.25, 0.3) is 11.6 Å². The van der Waals surface area contributed by atoms with Crippen LogP contribution in [-0.2, 0) is 0 Å². The molecule has 1 aliphatic heterocycles. The van der Waals surface area contributed by atoms with Gasteiger partial charge in [-0.15, -0.1) is 0 Å². The van der Waals surface area contributed by atoms with Crippen LogP contribution in [-0.4, -0.2) is 35.9 Å². The van der Waals surface area contributed by atoms with Gasteiger partial charge in [0.1, 0.15) is 0 Å². The zero-order chi connectivity index (χ0) is 13.1. The van der Waals surface area contributed by atoms with Gasteiger partial charge in [-0.1, -0.05) is 0 Å². The zero-order valence-electron chi connectivity index (χ0n) is 10.2. The molecule has 96 valence electrons. The number of benzene rings is 1. The van der Waals surface area contributed by atoms with E-state index in [9.17, 15) is 14.9 Å². The van der Waals surface area contributed by atoms with Gasteiger partial charge in [-0.2, -0.15) is 0 Å². The van der Waals surface area contributed by atoms with Crippen molar-refractivity contribution in [1.29, 1.82) is 0 Å². The van der Waals surface area contributed by atoms with Crippen LogP contribution >= 0.6 is 0 Å². The van der Waals surface area contributed by atoms with E-state index in [-0.39, 0.29) is 11.6 Å². The Kier molecular flexibility index (Phi) is 3.45. The molecule has 0 spiro atoms. The van der Waals surface area contributed by atoms with Gasteiger partial charge in [0.15, 0.2) is 0 Å². The molecule has 0 aromatic heterocycles. The number of rotatable bonds is 3. The number of carbonyl (C=O) groups is 1. The van der Waals surface area contributed by atoms with Gasteiger partial charge >= 0.3 is 0 Å². The van der Waals surface area contributed by atoms with E-state index in [4.69, 9.17) is 0 Å². The molecule has 2 rings (SSSR count). The van der Waals surface area contributed by atoms with Crippen LogP contribution in [0, 0.1) is 10.1 Å². The number of hydrogen-bond donors (Lipinski definition) is 1. The molecule has 0 unspecified atom stereocenters. The predicted molar refractivity (Wildman–Crippen MR) is 67.8 cm³/mol. The normalized spacial score (nSPS) is 14.6. The highest BCUT2D eigenvalue weighted by molar-refractivity contribution is 5.96. The molecule has 1 saturated heterocycles. The van der Waals surface area contributed by atoms with Gasteiger partial charge in [0.05, 0.1) is 4.92 Å². The molecule has 0 bridgehead atoms. The average Bonchev–Trinajstić information content (AvgIpc) is 2.91. The van der Waals surface area contributed by atoms with Crippen LogP contribution in [0.3, 0.4) is 0 Å². The van der Waals surface area contributed by atoms with E-state index >= 15 is 0 Å². The lowest BCUT2D eigenvalue weighted by atomic mass is 10.1. The molecule has 0 atom stereocenters. The molecule has 1 aromatic rings. The Morgan fingerprint density at radius 2 is 2.00 bits per heavy atom. The lowest BCUT2D eigenvalue weighted by Gasteiger charge is -2.15. The first-order valence-electron chi connectivity index (χ1n) is 5.88. The van der Waals surface area contributed by atoms with Crippen molar-refractivity contribution < 1.29 is 9.72 Å². The summed E-state index contributed by atoms with van der Waals surface area (Å²) in [6.45, 7) is 1.47. The van der Waals surface area contributed by atoms with Crippen molar-refractivity contribution in [2.45, 2.75) is 12.8 Å². The van der Waals surface area contributed by atoms with Crippen molar-refractivity contribution in [2.24, 2.45) is 0 Å². The second-order valence-corrected chi connectivity index (χ2v) is 4.27. The minimum atomic E-state index is -0.485. The number of amides is 1. The maximum absolute atomic E-state index is 12.2. The summed E-state index contributed by atoms with van der Waals surface area (Å²) in [5.74, 6) is -0.132. The minimum Gasteiger partial charge on any atom is -0.388 e. The van der Waals surface area contributed by atoms with E-state index in [1.54, 1.807) is 18.0 Å². The van der Waals surface area contributed by atoms with Crippen LogP contribution in [0.4, 0.5) is 11.4 Å². The fraction of sp³-hybridized carbons (Fsp3) is 0.417. The lowest BCUT2D eigenvalue weighted by Crippen LogP contribution is -2.27. The minimum absolute atomic E-state index is 0.0654. The van der Waals surface area contributed by atoms with Crippen molar-refractivity contribution in [3.05, 3.63) is 33.9 Å². The van der Waals surface area contributed by atoms with Crippen LogP contribution in [0.1, 0.15) is 23.2 Å². The number of hydrogen-bond acceptors (Lipinski definition) is 4. The summed E-state index contributed by atoms with van der Waals surface area (Å²) in [6, 6.07) is 4.40.